The highest BCUT2D eigenvalue weighted by molar-refractivity contribution is 5.79. The van der Waals surface area contributed by atoms with Crippen molar-refractivity contribution in [3.05, 3.63) is 0 Å². The molecule has 1 heterocycles. The van der Waals surface area contributed by atoms with Gasteiger partial charge in [-0.05, 0) is 20.0 Å². The maximum atomic E-state index is 4.07. The molecule has 1 aliphatic heterocycles. The van der Waals surface area contributed by atoms with Gasteiger partial charge < -0.3 is 15.5 Å². The Hall–Kier alpha value is -0.770. The summed E-state index contributed by atoms with van der Waals surface area (Å²) in [6.07, 6.45) is 1.21. The van der Waals surface area contributed by atoms with Crippen LogP contribution in [0.3, 0.4) is 0 Å². The van der Waals surface area contributed by atoms with E-state index in [2.05, 4.69) is 27.6 Å². The topological polar surface area (TPSA) is 39.7 Å². The molecule has 0 aromatic heterocycles. The maximum absolute atomic E-state index is 4.07. The fourth-order valence-corrected chi connectivity index (χ4v) is 1.49. The molecule has 0 bridgehead atoms. The first kappa shape index (κ1) is 9.32. The SMILES string of the molecule is CN=C(NC)NC1CCN(C)C1. The van der Waals surface area contributed by atoms with Gasteiger partial charge in [-0.25, -0.2) is 0 Å². The van der Waals surface area contributed by atoms with Crippen LogP contribution in [0, 0.1) is 0 Å². The van der Waals surface area contributed by atoms with E-state index in [9.17, 15) is 0 Å². The summed E-state index contributed by atoms with van der Waals surface area (Å²) < 4.78 is 0. The van der Waals surface area contributed by atoms with Crippen molar-refractivity contribution >= 4 is 5.96 Å². The second kappa shape index (κ2) is 4.30. The van der Waals surface area contributed by atoms with E-state index >= 15 is 0 Å². The van der Waals surface area contributed by atoms with E-state index in [0.29, 0.717) is 6.04 Å². The summed E-state index contributed by atoms with van der Waals surface area (Å²) in [5.74, 6) is 0.885. The zero-order valence-electron chi connectivity index (χ0n) is 8.09. The van der Waals surface area contributed by atoms with E-state index in [1.165, 1.54) is 13.0 Å². The molecule has 70 valence electrons. The third-order valence-corrected chi connectivity index (χ3v) is 2.19. The molecule has 1 atom stereocenters. The quantitative estimate of drug-likeness (QED) is 0.411. The summed E-state index contributed by atoms with van der Waals surface area (Å²) in [5.41, 5.74) is 0. The number of likely N-dealkylation sites (tertiary alicyclic amines) is 1. The Labute approximate surface area is 74.0 Å². The van der Waals surface area contributed by atoms with Crippen LogP contribution in [0.5, 0.6) is 0 Å². The number of nitrogens with zero attached hydrogens (tertiary/aromatic N) is 2. The fraction of sp³-hybridized carbons (Fsp3) is 0.875. The van der Waals surface area contributed by atoms with Crippen molar-refractivity contribution in [3.8, 4) is 0 Å². The van der Waals surface area contributed by atoms with E-state index in [1.54, 1.807) is 7.05 Å². The van der Waals surface area contributed by atoms with Crippen molar-refractivity contribution in [3.63, 3.8) is 0 Å². The summed E-state index contributed by atoms with van der Waals surface area (Å²) in [6.45, 7) is 2.29. The largest absolute Gasteiger partial charge is 0.359 e. The summed E-state index contributed by atoms with van der Waals surface area (Å²) in [6, 6.07) is 0.557. The van der Waals surface area contributed by atoms with Gasteiger partial charge >= 0.3 is 0 Å². The minimum absolute atomic E-state index is 0.557. The van der Waals surface area contributed by atoms with Crippen LogP contribution in [0.15, 0.2) is 4.99 Å². The predicted octanol–water partition coefficient (Wildman–Crippen LogP) is -0.515. The Kier molecular flexibility index (Phi) is 3.34. The number of hydrogen-bond donors (Lipinski definition) is 2. The molecule has 0 saturated carbocycles. The molecule has 0 aromatic carbocycles. The van der Waals surface area contributed by atoms with Crippen molar-refractivity contribution in [2.45, 2.75) is 12.5 Å². The molecule has 0 radical (unpaired) electrons. The lowest BCUT2D eigenvalue weighted by atomic mass is 10.3. The van der Waals surface area contributed by atoms with Gasteiger partial charge in [-0.3, -0.25) is 4.99 Å². The van der Waals surface area contributed by atoms with Gasteiger partial charge in [-0.15, -0.1) is 0 Å². The first-order valence-corrected chi connectivity index (χ1v) is 4.36. The van der Waals surface area contributed by atoms with Gasteiger partial charge in [0.1, 0.15) is 0 Å². The van der Waals surface area contributed by atoms with E-state index < -0.39 is 0 Å². The third-order valence-electron chi connectivity index (χ3n) is 2.19. The van der Waals surface area contributed by atoms with Crippen LogP contribution in [0.1, 0.15) is 6.42 Å². The Morgan fingerprint density at radius 2 is 2.33 bits per heavy atom. The highest BCUT2D eigenvalue weighted by Gasteiger charge is 2.19. The molecule has 0 amide bonds. The van der Waals surface area contributed by atoms with Crippen LogP contribution >= 0.6 is 0 Å². The van der Waals surface area contributed by atoms with E-state index in [-0.39, 0.29) is 0 Å². The van der Waals surface area contributed by atoms with Gasteiger partial charge in [-0.2, -0.15) is 0 Å². The average molecular weight is 170 g/mol. The van der Waals surface area contributed by atoms with Gasteiger partial charge in [0.25, 0.3) is 0 Å². The van der Waals surface area contributed by atoms with Crippen LogP contribution in [0.25, 0.3) is 0 Å². The molecule has 1 saturated heterocycles. The lowest BCUT2D eigenvalue weighted by molar-refractivity contribution is 0.407. The minimum atomic E-state index is 0.557. The second-order valence-electron chi connectivity index (χ2n) is 3.21. The lowest BCUT2D eigenvalue weighted by Crippen LogP contribution is -2.42. The molecule has 1 fully saturated rings. The molecular formula is C8H18N4. The number of rotatable bonds is 1. The van der Waals surface area contributed by atoms with Crippen molar-refractivity contribution in [1.29, 1.82) is 0 Å². The van der Waals surface area contributed by atoms with Crippen molar-refractivity contribution < 1.29 is 0 Å². The third kappa shape index (κ3) is 2.37. The first-order chi connectivity index (χ1) is 5.76. The highest BCUT2D eigenvalue weighted by Crippen LogP contribution is 2.05. The van der Waals surface area contributed by atoms with E-state index in [0.717, 1.165) is 12.5 Å². The standard InChI is InChI=1S/C8H18N4/c1-9-8(10-2)11-7-4-5-12(3)6-7/h7H,4-6H2,1-3H3,(H2,9,10,11). The molecular weight excluding hydrogens is 152 g/mol. The fourth-order valence-electron chi connectivity index (χ4n) is 1.49. The van der Waals surface area contributed by atoms with Crippen LogP contribution in [0.2, 0.25) is 0 Å². The molecule has 1 rings (SSSR count). The van der Waals surface area contributed by atoms with Gasteiger partial charge in [0.05, 0.1) is 0 Å². The van der Waals surface area contributed by atoms with Gasteiger partial charge in [-0.1, -0.05) is 0 Å². The molecule has 2 N–H and O–H groups in total. The monoisotopic (exact) mass is 170 g/mol. The smallest absolute Gasteiger partial charge is 0.190 e. The Bertz CT molecular complexity index is 166. The van der Waals surface area contributed by atoms with Crippen molar-refractivity contribution in [2.75, 3.05) is 34.2 Å². The molecule has 0 spiro atoms. The summed E-state index contributed by atoms with van der Waals surface area (Å²) >= 11 is 0. The maximum Gasteiger partial charge on any atom is 0.190 e. The summed E-state index contributed by atoms with van der Waals surface area (Å²) in [7, 11) is 5.81. The van der Waals surface area contributed by atoms with Crippen LogP contribution in [-0.2, 0) is 0 Å². The Balaban J connectivity index is 2.31. The predicted molar refractivity (Wildman–Crippen MR) is 51.5 cm³/mol. The van der Waals surface area contributed by atoms with Crippen molar-refractivity contribution in [2.24, 2.45) is 4.99 Å². The Morgan fingerprint density at radius 3 is 2.75 bits per heavy atom. The number of guanidine groups is 1. The van der Waals surface area contributed by atoms with Crippen LogP contribution < -0.4 is 10.6 Å². The van der Waals surface area contributed by atoms with E-state index in [1.807, 2.05) is 7.05 Å². The second-order valence-corrected chi connectivity index (χ2v) is 3.21. The first-order valence-electron chi connectivity index (χ1n) is 4.36. The van der Waals surface area contributed by atoms with Gasteiger partial charge in [0.2, 0.25) is 0 Å². The lowest BCUT2D eigenvalue weighted by Gasteiger charge is -2.14. The van der Waals surface area contributed by atoms with Gasteiger partial charge in [0, 0.05) is 26.7 Å². The van der Waals surface area contributed by atoms with E-state index in [4.69, 9.17) is 0 Å². The zero-order chi connectivity index (χ0) is 8.97. The minimum Gasteiger partial charge on any atom is -0.359 e. The van der Waals surface area contributed by atoms with Crippen LogP contribution in [-0.4, -0.2) is 51.1 Å². The molecule has 0 aliphatic carbocycles. The number of likely N-dealkylation sites (N-methyl/N-ethyl adjacent to an activating group) is 1. The number of aliphatic imine (C=N–C) groups is 1. The summed E-state index contributed by atoms with van der Waals surface area (Å²) in [5, 5.41) is 6.36. The number of hydrogen-bond acceptors (Lipinski definition) is 2. The molecule has 4 nitrogen and oxygen atoms in total. The average Bonchev–Trinajstić information content (AvgIpc) is 2.47. The van der Waals surface area contributed by atoms with Crippen molar-refractivity contribution in [1.82, 2.24) is 15.5 Å². The number of nitrogens with one attached hydrogen (secondary N) is 2. The van der Waals surface area contributed by atoms with Gasteiger partial charge in [0.15, 0.2) is 5.96 Å². The molecule has 4 heteroatoms. The van der Waals surface area contributed by atoms with Crippen LogP contribution in [0.4, 0.5) is 0 Å². The molecule has 12 heavy (non-hydrogen) atoms. The normalized spacial score (nSPS) is 25.9. The molecule has 1 unspecified atom stereocenters. The highest BCUT2D eigenvalue weighted by atomic mass is 15.2. The Morgan fingerprint density at radius 1 is 1.58 bits per heavy atom. The molecule has 1 aliphatic rings. The zero-order valence-corrected chi connectivity index (χ0v) is 8.09. The molecule has 0 aromatic rings. The summed E-state index contributed by atoms with van der Waals surface area (Å²) in [4.78, 5) is 6.39.